The van der Waals surface area contributed by atoms with E-state index >= 15 is 0 Å². The van der Waals surface area contributed by atoms with Crippen LogP contribution in [0.15, 0.2) is 41.8 Å². The second kappa shape index (κ2) is 6.55. The number of aryl methyl sites for hydroxylation is 1. The van der Waals surface area contributed by atoms with Gasteiger partial charge in [0.15, 0.2) is 0 Å². The van der Waals surface area contributed by atoms with Crippen LogP contribution in [0, 0.1) is 12.8 Å². The average molecular weight is 293 g/mol. The molecule has 1 fully saturated rings. The van der Waals surface area contributed by atoms with Gasteiger partial charge in [-0.2, -0.15) is 0 Å². The third-order valence-electron chi connectivity index (χ3n) is 4.02. The van der Waals surface area contributed by atoms with Crippen molar-refractivity contribution in [3.8, 4) is 0 Å². The maximum absolute atomic E-state index is 12.4. The summed E-state index contributed by atoms with van der Waals surface area (Å²) in [6.07, 6.45) is 7.04. The molecule has 110 valence electrons. The van der Waals surface area contributed by atoms with Gasteiger partial charge in [0.2, 0.25) is 10.0 Å². The average Bonchev–Trinajstić information content (AvgIpc) is 2.41. The lowest BCUT2D eigenvalue weighted by Gasteiger charge is -2.31. The van der Waals surface area contributed by atoms with Gasteiger partial charge in [-0.05, 0) is 44.2 Å². The number of allylic oxidation sites excluding steroid dienone is 1. The van der Waals surface area contributed by atoms with Crippen molar-refractivity contribution < 1.29 is 8.42 Å². The van der Waals surface area contributed by atoms with Crippen LogP contribution in [0.4, 0.5) is 0 Å². The molecule has 0 bridgehead atoms. The zero-order valence-electron chi connectivity index (χ0n) is 12.0. The van der Waals surface area contributed by atoms with Crippen molar-refractivity contribution in [3.05, 3.63) is 42.5 Å². The lowest BCUT2D eigenvalue weighted by Crippen LogP contribution is -2.41. The van der Waals surface area contributed by atoms with E-state index in [1.165, 1.54) is 6.42 Å². The van der Waals surface area contributed by atoms with Gasteiger partial charge in [-0.25, -0.2) is 13.1 Å². The highest BCUT2D eigenvalue weighted by Gasteiger charge is 2.28. The summed E-state index contributed by atoms with van der Waals surface area (Å²) in [7, 11) is -3.41. The smallest absolute Gasteiger partial charge is 0.208 e. The first-order chi connectivity index (χ1) is 9.53. The van der Waals surface area contributed by atoms with Gasteiger partial charge >= 0.3 is 0 Å². The van der Waals surface area contributed by atoms with Crippen LogP contribution < -0.4 is 4.72 Å². The Morgan fingerprint density at radius 2 is 1.90 bits per heavy atom. The third kappa shape index (κ3) is 3.70. The molecule has 0 unspecified atom stereocenters. The van der Waals surface area contributed by atoms with E-state index in [9.17, 15) is 8.42 Å². The Morgan fingerprint density at radius 1 is 1.25 bits per heavy atom. The van der Waals surface area contributed by atoms with Crippen LogP contribution in [-0.4, -0.2) is 14.5 Å². The predicted molar refractivity (Wildman–Crippen MR) is 82.1 cm³/mol. The molecule has 1 aromatic rings. The molecule has 1 aliphatic rings. The van der Waals surface area contributed by atoms with Crippen LogP contribution in [-0.2, 0) is 10.0 Å². The summed E-state index contributed by atoms with van der Waals surface area (Å²) < 4.78 is 27.7. The van der Waals surface area contributed by atoms with Crippen molar-refractivity contribution in [1.82, 2.24) is 4.72 Å². The molecule has 2 rings (SSSR count). The topological polar surface area (TPSA) is 46.2 Å². The minimum Gasteiger partial charge on any atom is -0.208 e. The Hall–Kier alpha value is -1.13. The Bertz CT molecular complexity index is 548. The molecule has 0 heterocycles. The summed E-state index contributed by atoms with van der Waals surface area (Å²) in [4.78, 5) is 0.353. The van der Waals surface area contributed by atoms with Crippen molar-refractivity contribution in [2.75, 3.05) is 0 Å². The molecule has 4 heteroatoms. The van der Waals surface area contributed by atoms with E-state index in [0.29, 0.717) is 10.8 Å². The Balaban J connectivity index is 2.13. The first-order valence-electron chi connectivity index (χ1n) is 7.23. The molecule has 0 spiro atoms. The molecule has 3 nitrogen and oxygen atoms in total. The molecule has 1 aromatic carbocycles. The predicted octanol–water partition coefficient (Wildman–Crippen LogP) is 3.41. The summed E-state index contributed by atoms with van der Waals surface area (Å²) in [5.74, 6) is 0.376. The van der Waals surface area contributed by atoms with Gasteiger partial charge in [0.1, 0.15) is 0 Å². The highest BCUT2D eigenvalue weighted by atomic mass is 32.2. The van der Waals surface area contributed by atoms with E-state index in [0.717, 1.165) is 31.2 Å². The molecular formula is C16H23NO2S. The maximum Gasteiger partial charge on any atom is 0.240 e. The van der Waals surface area contributed by atoms with Crippen molar-refractivity contribution in [3.63, 3.8) is 0 Å². The molecule has 0 radical (unpaired) electrons. The van der Waals surface area contributed by atoms with E-state index < -0.39 is 10.0 Å². The van der Waals surface area contributed by atoms with Gasteiger partial charge in [-0.15, -0.1) is 6.58 Å². The third-order valence-corrected chi connectivity index (χ3v) is 5.52. The Morgan fingerprint density at radius 3 is 2.55 bits per heavy atom. The molecule has 0 aromatic heterocycles. The second-order valence-corrected chi connectivity index (χ2v) is 7.32. The molecule has 20 heavy (non-hydrogen) atoms. The second-order valence-electron chi connectivity index (χ2n) is 5.61. The number of benzene rings is 1. The molecule has 0 amide bonds. The van der Waals surface area contributed by atoms with Crippen molar-refractivity contribution in [1.29, 1.82) is 0 Å². The minimum absolute atomic E-state index is 0.0352. The van der Waals surface area contributed by atoms with Crippen molar-refractivity contribution in [2.24, 2.45) is 5.92 Å². The normalized spacial score (nSPS) is 23.4. The fourth-order valence-electron chi connectivity index (χ4n) is 2.84. The molecule has 2 atom stereocenters. The van der Waals surface area contributed by atoms with Crippen LogP contribution in [0.5, 0.6) is 0 Å². The van der Waals surface area contributed by atoms with E-state index in [1.54, 1.807) is 12.1 Å². The fourth-order valence-corrected chi connectivity index (χ4v) is 4.18. The monoisotopic (exact) mass is 293 g/mol. The number of nitrogens with one attached hydrogen (secondary N) is 1. The lowest BCUT2D eigenvalue weighted by atomic mass is 9.83. The van der Waals surface area contributed by atoms with Gasteiger partial charge < -0.3 is 0 Å². The van der Waals surface area contributed by atoms with Crippen molar-refractivity contribution >= 4 is 10.0 Å². The summed E-state index contributed by atoms with van der Waals surface area (Å²) >= 11 is 0. The summed E-state index contributed by atoms with van der Waals surface area (Å²) in [5.41, 5.74) is 1.06. The first kappa shape index (κ1) is 15.3. The fraction of sp³-hybridized carbons (Fsp3) is 0.500. The van der Waals surface area contributed by atoms with Crippen LogP contribution in [0.25, 0.3) is 0 Å². The van der Waals surface area contributed by atoms with Crippen LogP contribution in [0.2, 0.25) is 0 Å². The molecule has 1 saturated carbocycles. The van der Waals surface area contributed by atoms with Crippen LogP contribution in [0.1, 0.15) is 37.7 Å². The maximum atomic E-state index is 12.4. The van der Waals surface area contributed by atoms with Gasteiger partial charge in [0.25, 0.3) is 0 Å². The first-order valence-corrected chi connectivity index (χ1v) is 8.71. The van der Waals surface area contributed by atoms with Gasteiger partial charge in [0.05, 0.1) is 4.90 Å². The van der Waals surface area contributed by atoms with Crippen LogP contribution in [0.3, 0.4) is 0 Å². The van der Waals surface area contributed by atoms with E-state index in [2.05, 4.69) is 11.3 Å². The molecular weight excluding hydrogens is 270 g/mol. The number of hydrogen-bond acceptors (Lipinski definition) is 2. The van der Waals surface area contributed by atoms with E-state index in [4.69, 9.17) is 0 Å². The lowest BCUT2D eigenvalue weighted by molar-refractivity contribution is 0.291. The summed E-state index contributed by atoms with van der Waals surface area (Å²) in [5, 5.41) is 0. The number of rotatable bonds is 5. The summed E-state index contributed by atoms with van der Waals surface area (Å²) in [6, 6.07) is 7.03. The van der Waals surface area contributed by atoms with Gasteiger partial charge in [0, 0.05) is 6.04 Å². The van der Waals surface area contributed by atoms with E-state index in [-0.39, 0.29) is 6.04 Å². The molecule has 1 aliphatic carbocycles. The minimum atomic E-state index is -3.41. The van der Waals surface area contributed by atoms with Gasteiger partial charge in [-0.3, -0.25) is 0 Å². The van der Waals surface area contributed by atoms with Gasteiger partial charge in [-0.1, -0.05) is 36.6 Å². The van der Waals surface area contributed by atoms with E-state index in [1.807, 2.05) is 25.1 Å². The van der Waals surface area contributed by atoms with Crippen molar-refractivity contribution in [2.45, 2.75) is 50.0 Å². The summed E-state index contributed by atoms with van der Waals surface area (Å²) in [6.45, 7) is 5.73. The molecule has 0 saturated heterocycles. The van der Waals surface area contributed by atoms with Crippen LogP contribution >= 0.6 is 0 Å². The standard InChI is InChI=1S/C16H23NO2S/c1-3-6-14-7-4-5-8-16(14)17-20(18,19)15-11-9-13(2)10-12-15/h3,9-12,14,16-17H,1,4-8H2,2H3/t14-,16+/m0/s1. The number of sulfonamides is 1. The zero-order valence-corrected chi connectivity index (χ0v) is 12.8. The zero-order chi connectivity index (χ0) is 14.6. The SMILES string of the molecule is C=CC[C@H]1CCCC[C@H]1NS(=O)(=O)c1ccc(C)cc1. The molecule has 1 N–H and O–H groups in total. The highest BCUT2D eigenvalue weighted by molar-refractivity contribution is 7.89. The largest absolute Gasteiger partial charge is 0.240 e. The Kier molecular flexibility index (Phi) is 5.00. The molecule has 0 aliphatic heterocycles. The Labute approximate surface area is 122 Å². The quantitative estimate of drug-likeness (QED) is 0.846. The number of hydrogen-bond donors (Lipinski definition) is 1. The highest BCUT2D eigenvalue weighted by Crippen LogP contribution is 2.28.